The van der Waals surface area contributed by atoms with Gasteiger partial charge >= 0.3 is 0 Å². The van der Waals surface area contributed by atoms with Crippen molar-refractivity contribution in [3.05, 3.63) is 35.9 Å². The largest absolute Gasteiger partial charge is 0.296 e. The highest BCUT2D eigenvalue weighted by molar-refractivity contribution is 5.14. The van der Waals surface area contributed by atoms with Crippen molar-refractivity contribution in [3.63, 3.8) is 0 Å². The Morgan fingerprint density at radius 1 is 1.24 bits per heavy atom. The fraction of sp³-hybridized carbons (Fsp3) is 0.625. The third-order valence-electron chi connectivity index (χ3n) is 3.86. The van der Waals surface area contributed by atoms with Crippen LogP contribution < -0.4 is 0 Å². The molecule has 0 N–H and O–H groups in total. The van der Waals surface area contributed by atoms with Gasteiger partial charge in [0.15, 0.2) is 0 Å². The van der Waals surface area contributed by atoms with Gasteiger partial charge in [0, 0.05) is 19.1 Å². The molecule has 1 nitrogen and oxygen atoms in total. The third kappa shape index (κ3) is 3.57. The monoisotopic (exact) mass is 231 g/mol. The summed E-state index contributed by atoms with van der Waals surface area (Å²) in [5, 5.41) is 0. The van der Waals surface area contributed by atoms with Crippen LogP contribution in [0.25, 0.3) is 0 Å². The lowest BCUT2D eigenvalue weighted by Crippen LogP contribution is -2.28. The summed E-state index contributed by atoms with van der Waals surface area (Å²) in [6.45, 7) is 7.10. The van der Waals surface area contributed by atoms with Gasteiger partial charge in [-0.05, 0) is 24.3 Å². The van der Waals surface area contributed by atoms with Crippen LogP contribution in [0.3, 0.4) is 0 Å². The Kier molecular flexibility index (Phi) is 4.61. The van der Waals surface area contributed by atoms with Crippen LogP contribution in [0.5, 0.6) is 0 Å². The molecule has 17 heavy (non-hydrogen) atoms. The Morgan fingerprint density at radius 2 is 2.00 bits per heavy atom. The summed E-state index contributed by atoms with van der Waals surface area (Å²) in [7, 11) is 0. The Bertz CT molecular complexity index is 320. The molecule has 1 heterocycles. The number of rotatable bonds is 5. The highest BCUT2D eigenvalue weighted by atomic mass is 15.2. The predicted octanol–water partition coefficient (Wildman–Crippen LogP) is 4.09. The Morgan fingerprint density at radius 3 is 2.71 bits per heavy atom. The molecule has 0 aromatic heterocycles. The van der Waals surface area contributed by atoms with Crippen molar-refractivity contribution in [1.82, 2.24) is 4.90 Å². The smallest absolute Gasteiger partial charge is 0.0236 e. The molecule has 0 unspecified atom stereocenters. The molecule has 1 heteroatoms. The van der Waals surface area contributed by atoms with Gasteiger partial charge in [0.05, 0.1) is 0 Å². The van der Waals surface area contributed by atoms with Crippen molar-refractivity contribution in [2.75, 3.05) is 6.54 Å². The zero-order valence-corrected chi connectivity index (χ0v) is 11.2. The Balaban J connectivity index is 1.93. The van der Waals surface area contributed by atoms with Crippen LogP contribution >= 0.6 is 0 Å². The average molecular weight is 231 g/mol. The van der Waals surface area contributed by atoms with Crippen molar-refractivity contribution in [3.8, 4) is 0 Å². The molecular weight excluding hydrogens is 206 g/mol. The maximum atomic E-state index is 2.69. The first-order valence-corrected chi connectivity index (χ1v) is 7.07. The van der Waals surface area contributed by atoms with Crippen molar-refractivity contribution in [2.24, 2.45) is 5.92 Å². The third-order valence-corrected chi connectivity index (χ3v) is 3.86. The number of nitrogens with zero attached hydrogens (tertiary/aromatic N) is 1. The van der Waals surface area contributed by atoms with Crippen LogP contribution in [0.2, 0.25) is 0 Å². The normalized spacial score (nSPS) is 25.3. The summed E-state index contributed by atoms with van der Waals surface area (Å²) in [5.74, 6) is 0.876. The van der Waals surface area contributed by atoms with Crippen LogP contribution in [-0.4, -0.2) is 17.5 Å². The van der Waals surface area contributed by atoms with E-state index in [1.54, 1.807) is 0 Å². The van der Waals surface area contributed by atoms with Crippen LogP contribution in [0, 0.1) is 5.92 Å². The lowest BCUT2D eigenvalue weighted by atomic mass is 10.0. The number of hydrogen-bond donors (Lipinski definition) is 0. The minimum atomic E-state index is 0.824. The zero-order chi connectivity index (χ0) is 12.1. The van der Waals surface area contributed by atoms with Gasteiger partial charge in [-0.1, -0.05) is 57.0 Å². The van der Waals surface area contributed by atoms with Crippen molar-refractivity contribution < 1.29 is 0 Å². The maximum absolute atomic E-state index is 2.69. The highest BCUT2D eigenvalue weighted by Gasteiger charge is 2.28. The van der Waals surface area contributed by atoms with E-state index in [9.17, 15) is 0 Å². The van der Waals surface area contributed by atoms with Gasteiger partial charge in [-0.25, -0.2) is 0 Å². The van der Waals surface area contributed by atoms with E-state index in [0.29, 0.717) is 0 Å². The molecule has 0 saturated carbocycles. The topological polar surface area (TPSA) is 3.24 Å². The second kappa shape index (κ2) is 6.20. The second-order valence-corrected chi connectivity index (χ2v) is 5.55. The van der Waals surface area contributed by atoms with E-state index >= 15 is 0 Å². The molecule has 0 bridgehead atoms. The van der Waals surface area contributed by atoms with E-state index in [2.05, 4.69) is 49.1 Å². The molecule has 94 valence electrons. The maximum Gasteiger partial charge on any atom is 0.0236 e. The quantitative estimate of drug-likeness (QED) is 0.738. The Labute approximate surface area is 106 Å². The fourth-order valence-corrected chi connectivity index (χ4v) is 2.99. The molecule has 0 amide bonds. The van der Waals surface area contributed by atoms with Gasteiger partial charge in [-0.3, -0.25) is 4.90 Å². The molecule has 2 rings (SSSR count). The highest BCUT2D eigenvalue weighted by Crippen LogP contribution is 2.27. The van der Waals surface area contributed by atoms with Crippen LogP contribution in [0.1, 0.15) is 45.1 Å². The van der Waals surface area contributed by atoms with Gasteiger partial charge < -0.3 is 0 Å². The molecule has 2 atom stereocenters. The second-order valence-electron chi connectivity index (χ2n) is 5.55. The lowest BCUT2D eigenvalue weighted by molar-refractivity contribution is 0.229. The van der Waals surface area contributed by atoms with Crippen LogP contribution in [0.4, 0.5) is 0 Å². The molecule has 0 spiro atoms. The van der Waals surface area contributed by atoms with Gasteiger partial charge in [0.25, 0.3) is 0 Å². The van der Waals surface area contributed by atoms with Crippen molar-refractivity contribution >= 4 is 0 Å². The van der Waals surface area contributed by atoms with E-state index < -0.39 is 0 Å². The molecule has 1 saturated heterocycles. The number of benzene rings is 1. The summed E-state index contributed by atoms with van der Waals surface area (Å²) in [6, 6.07) is 11.7. The number of unbranched alkanes of at least 4 members (excludes halogenated alkanes) is 1. The van der Waals surface area contributed by atoms with Crippen molar-refractivity contribution in [2.45, 2.75) is 52.1 Å². The van der Waals surface area contributed by atoms with Crippen LogP contribution in [0.15, 0.2) is 30.3 Å². The summed E-state index contributed by atoms with van der Waals surface area (Å²) in [5.41, 5.74) is 1.46. The number of hydrogen-bond acceptors (Lipinski definition) is 1. The van der Waals surface area contributed by atoms with E-state index in [0.717, 1.165) is 18.5 Å². The molecule has 0 aliphatic carbocycles. The summed E-state index contributed by atoms with van der Waals surface area (Å²) < 4.78 is 0. The summed E-state index contributed by atoms with van der Waals surface area (Å²) in [4.78, 5) is 2.69. The van der Waals surface area contributed by atoms with E-state index in [1.807, 2.05) is 0 Å². The Hall–Kier alpha value is -0.820. The minimum Gasteiger partial charge on any atom is -0.296 e. The zero-order valence-electron chi connectivity index (χ0n) is 11.2. The van der Waals surface area contributed by atoms with Crippen molar-refractivity contribution in [1.29, 1.82) is 0 Å². The molecule has 1 aromatic rings. The van der Waals surface area contributed by atoms with Gasteiger partial charge in [-0.2, -0.15) is 0 Å². The van der Waals surface area contributed by atoms with E-state index in [-0.39, 0.29) is 0 Å². The molecular formula is C16H25N. The average Bonchev–Trinajstić information content (AvgIpc) is 2.68. The van der Waals surface area contributed by atoms with Gasteiger partial charge in [-0.15, -0.1) is 0 Å². The molecule has 1 aliphatic heterocycles. The standard InChI is InChI=1S/C16H25N/c1-3-4-10-16-11-14(2)12-17(16)13-15-8-6-5-7-9-15/h5-9,14,16H,3-4,10-13H2,1-2H3/t14-,16+/m1/s1. The lowest BCUT2D eigenvalue weighted by Gasteiger charge is -2.24. The van der Waals surface area contributed by atoms with E-state index in [4.69, 9.17) is 0 Å². The summed E-state index contributed by atoms with van der Waals surface area (Å²) >= 11 is 0. The first kappa shape index (κ1) is 12.6. The molecule has 1 aliphatic rings. The van der Waals surface area contributed by atoms with Crippen LogP contribution in [-0.2, 0) is 6.54 Å². The van der Waals surface area contributed by atoms with Gasteiger partial charge in [0.2, 0.25) is 0 Å². The predicted molar refractivity (Wildman–Crippen MR) is 73.9 cm³/mol. The number of likely N-dealkylation sites (tertiary alicyclic amines) is 1. The van der Waals surface area contributed by atoms with E-state index in [1.165, 1.54) is 37.8 Å². The fourth-order valence-electron chi connectivity index (χ4n) is 2.99. The first-order valence-electron chi connectivity index (χ1n) is 7.07. The molecule has 1 aromatic carbocycles. The molecule has 0 radical (unpaired) electrons. The first-order chi connectivity index (χ1) is 8.29. The molecule has 1 fully saturated rings. The van der Waals surface area contributed by atoms with Gasteiger partial charge in [0.1, 0.15) is 0 Å². The minimum absolute atomic E-state index is 0.824. The summed E-state index contributed by atoms with van der Waals surface area (Å²) in [6.07, 6.45) is 5.48. The SMILES string of the molecule is CCCC[C@H]1C[C@@H](C)CN1Cc1ccccc1.